The Hall–Kier alpha value is -1.88. The fourth-order valence-corrected chi connectivity index (χ4v) is 3.56. The summed E-state index contributed by atoms with van der Waals surface area (Å²) >= 11 is 1.39. The average molecular weight is 414 g/mol. The van der Waals surface area contributed by atoms with Crippen LogP contribution in [0.1, 0.15) is 12.0 Å². The van der Waals surface area contributed by atoms with Gasteiger partial charge in [-0.3, -0.25) is 9.35 Å². The molecule has 148 valence electrons. The first-order valence-electron chi connectivity index (χ1n) is 8.19. The fraction of sp³-hybridized carbons (Fsp3) is 0.412. The van der Waals surface area contributed by atoms with Gasteiger partial charge >= 0.3 is 0 Å². The van der Waals surface area contributed by atoms with Crippen LogP contribution < -0.4 is 0 Å². The van der Waals surface area contributed by atoms with Crippen molar-refractivity contribution in [2.45, 2.75) is 12.5 Å². The molecular weight excluding hydrogens is 390 g/mol. The van der Waals surface area contributed by atoms with Crippen LogP contribution in [-0.4, -0.2) is 78.4 Å². The number of likely N-dealkylation sites (N-methyl/N-ethyl adjacent to an activating group) is 1. The highest BCUT2D eigenvalue weighted by molar-refractivity contribution is 8.18. The fourth-order valence-electron chi connectivity index (χ4n) is 2.62. The number of aromatic hydroxyl groups is 1. The van der Waals surface area contributed by atoms with Crippen molar-refractivity contribution in [1.82, 2.24) is 9.80 Å². The number of benzene rings is 1. The second-order valence-electron chi connectivity index (χ2n) is 6.45. The Labute approximate surface area is 163 Å². The highest BCUT2D eigenvalue weighted by atomic mass is 32.2. The average Bonchev–Trinajstić information content (AvgIpc) is 3.15. The van der Waals surface area contributed by atoms with E-state index in [-0.39, 0.29) is 11.7 Å². The van der Waals surface area contributed by atoms with Crippen LogP contribution in [0.3, 0.4) is 0 Å². The summed E-state index contributed by atoms with van der Waals surface area (Å²) in [6.07, 6.45) is 3.50. The lowest BCUT2D eigenvalue weighted by molar-refractivity contribution is -0.113. The highest BCUT2D eigenvalue weighted by Gasteiger charge is 2.31. The molecule has 8 nitrogen and oxygen atoms in total. The van der Waals surface area contributed by atoms with Gasteiger partial charge in [0.05, 0.1) is 11.2 Å². The van der Waals surface area contributed by atoms with Crippen LogP contribution in [0.2, 0.25) is 0 Å². The van der Waals surface area contributed by atoms with E-state index in [1.54, 1.807) is 24.3 Å². The third kappa shape index (κ3) is 6.65. The number of phenols is 1. The van der Waals surface area contributed by atoms with Gasteiger partial charge in [-0.25, -0.2) is 0 Å². The summed E-state index contributed by atoms with van der Waals surface area (Å²) in [7, 11) is 0.485. The summed E-state index contributed by atoms with van der Waals surface area (Å²) < 4.78 is 25.9. The Morgan fingerprint density at radius 2 is 1.96 bits per heavy atom. The lowest BCUT2D eigenvalue weighted by Gasteiger charge is -2.20. The molecular formula is C17H23N3O5S2. The first-order chi connectivity index (χ1) is 12.5. The molecule has 2 aliphatic rings. The number of hydrogen-bond donors (Lipinski definition) is 2. The van der Waals surface area contributed by atoms with Gasteiger partial charge < -0.3 is 14.9 Å². The molecule has 27 heavy (non-hydrogen) atoms. The summed E-state index contributed by atoms with van der Waals surface area (Å²) in [5, 5.41) is 10.6. The number of carbonyl (C=O) groups is 1. The van der Waals surface area contributed by atoms with Gasteiger partial charge in [-0.2, -0.15) is 13.4 Å². The summed E-state index contributed by atoms with van der Waals surface area (Å²) in [4.78, 5) is 21.2. The lowest BCUT2D eigenvalue weighted by atomic mass is 10.2. The van der Waals surface area contributed by atoms with Crippen LogP contribution in [0.5, 0.6) is 5.75 Å². The van der Waals surface area contributed by atoms with E-state index in [0.717, 1.165) is 24.7 Å². The number of rotatable bonds is 2. The van der Waals surface area contributed by atoms with Crippen molar-refractivity contribution < 1.29 is 22.9 Å². The zero-order valence-electron chi connectivity index (χ0n) is 15.4. The van der Waals surface area contributed by atoms with Crippen LogP contribution >= 0.6 is 11.8 Å². The van der Waals surface area contributed by atoms with Gasteiger partial charge in [-0.1, -0.05) is 18.2 Å². The molecule has 1 amide bonds. The maximum atomic E-state index is 12.1. The number of nitrogens with zero attached hydrogens (tertiary/aromatic N) is 3. The van der Waals surface area contributed by atoms with Crippen LogP contribution in [0.15, 0.2) is 34.2 Å². The van der Waals surface area contributed by atoms with Crippen LogP contribution in [0.4, 0.5) is 0 Å². The van der Waals surface area contributed by atoms with Crippen molar-refractivity contribution >= 4 is 39.0 Å². The predicted octanol–water partition coefficient (Wildman–Crippen LogP) is 1.50. The van der Waals surface area contributed by atoms with Crippen molar-refractivity contribution in [3.8, 4) is 5.75 Å². The zero-order chi connectivity index (χ0) is 20.2. The topological polar surface area (TPSA) is 111 Å². The Morgan fingerprint density at radius 1 is 1.33 bits per heavy atom. The minimum Gasteiger partial charge on any atom is -0.507 e. The second-order valence-corrected chi connectivity index (χ2v) is 8.93. The molecule has 0 radical (unpaired) electrons. The van der Waals surface area contributed by atoms with Gasteiger partial charge in [-0.05, 0) is 44.4 Å². The monoisotopic (exact) mass is 413 g/mol. The Balaban J connectivity index is 0.000000465. The van der Waals surface area contributed by atoms with Gasteiger partial charge in [-0.15, -0.1) is 0 Å². The lowest BCUT2D eigenvalue weighted by Crippen LogP contribution is -2.33. The molecule has 0 spiro atoms. The maximum Gasteiger partial charge on any atom is 0.286 e. The standard InChI is InChI=1S/C16H19N3O2S.CH4O3S/c1-18(2)12-7-8-19(10-12)16-17-15(21)14(22-16)9-11-5-3-4-6-13(11)20;1-5(2,3)4/h3-6,9,12,20H,7-8,10H2,1-2H3;1H3,(H,2,3,4)/b14-9+;/t12-;/m1./s1. The van der Waals surface area contributed by atoms with Crippen molar-refractivity contribution in [2.75, 3.05) is 33.4 Å². The maximum absolute atomic E-state index is 12.1. The molecule has 0 aromatic heterocycles. The Kier molecular flexibility index (Phi) is 7.04. The molecule has 0 bridgehead atoms. The summed E-state index contributed by atoms with van der Waals surface area (Å²) in [6.45, 7) is 1.82. The third-order valence-corrected chi connectivity index (χ3v) is 5.04. The van der Waals surface area contributed by atoms with E-state index in [1.165, 1.54) is 11.8 Å². The largest absolute Gasteiger partial charge is 0.507 e. The minimum absolute atomic E-state index is 0.172. The summed E-state index contributed by atoms with van der Waals surface area (Å²) in [5.74, 6) is -0.0535. The van der Waals surface area contributed by atoms with Gasteiger partial charge in [0.25, 0.3) is 16.0 Å². The normalized spacial score (nSPS) is 21.4. The number of para-hydroxylation sites is 1. The number of likely N-dealkylation sites (tertiary alicyclic amines) is 1. The van der Waals surface area contributed by atoms with Gasteiger partial charge in [0.2, 0.25) is 0 Å². The van der Waals surface area contributed by atoms with Crippen LogP contribution in [0.25, 0.3) is 6.08 Å². The molecule has 2 aliphatic heterocycles. The van der Waals surface area contributed by atoms with Crippen LogP contribution in [0, 0.1) is 0 Å². The molecule has 2 N–H and O–H groups in total. The number of carbonyl (C=O) groups excluding carboxylic acids is 1. The molecule has 10 heteroatoms. The molecule has 1 atom stereocenters. The van der Waals surface area contributed by atoms with Crippen LogP contribution in [-0.2, 0) is 14.9 Å². The molecule has 0 unspecified atom stereocenters. The van der Waals surface area contributed by atoms with Gasteiger partial charge in [0.15, 0.2) is 5.17 Å². The highest BCUT2D eigenvalue weighted by Crippen LogP contribution is 2.33. The Bertz CT molecular complexity index is 857. The third-order valence-electron chi connectivity index (χ3n) is 4.00. The van der Waals surface area contributed by atoms with E-state index < -0.39 is 10.1 Å². The number of aliphatic imine (C=N–C) groups is 1. The number of amidine groups is 1. The summed E-state index contributed by atoms with van der Waals surface area (Å²) in [5.41, 5.74) is 0.641. The van der Waals surface area contributed by atoms with Crippen molar-refractivity contribution in [3.05, 3.63) is 34.7 Å². The SMILES string of the molecule is CN(C)[C@@H]1CCN(C2=NC(=O)/C(=C\c3ccccc3O)S2)C1.CS(=O)(=O)O. The molecule has 3 rings (SSSR count). The molecule has 0 saturated carbocycles. The minimum atomic E-state index is -3.67. The smallest absolute Gasteiger partial charge is 0.286 e. The molecule has 1 saturated heterocycles. The molecule has 1 aromatic carbocycles. The second kappa shape index (κ2) is 8.87. The Morgan fingerprint density at radius 3 is 2.52 bits per heavy atom. The molecule has 2 heterocycles. The molecule has 1 aromatic rings. The number of phenolic OH excluding ortho intramolecular Hbond substituents is 1. The van der Waals surface area contributed by atoms with Crippen molar-refractivity contribution in [1.29, 1.82) is 0 Å². The van der Waals surface area contributed by atoms with Gasteiger partial charge in [0, 0.05) is 24.7 Å². The first-order valence-corrected chi connectivity index (χ1v) is 10.9. The number of hydrogen-bond acceptors (Lipinski definition) is 7. The van der Waals surface area contributed by atoms with Crippen molar-refractivity contribution in [2.24, 2.45) is 4.99 Å². The van der Waals surface area contributed by atoms with E-state index >= 15 is 0 Å². The van der Waals surface area contributed by atoms with E-state index in [9.17, 15) is 18.3 Å². The number of amides is 1. The van der Waals surface area contributed by atoms with E-state index in [4.69, 9.17) is 4.55 Å². The molecule has 1 fully saturated rings. The quantitative estimate of drug-likeness (QED) is 0.554. The van der Waals surface area contributed by atoms with Crippen molar-refractivity contribution in [3.63, 3.8) is 0 Å². The molecule has 0 aliphatic carbocycles. The van der Waals surface area contributed by atoms with E-state index in [1.807, 2.05) is 6.07 Å². The van der Waals surface area contributed by atoms with E-state index in [2.05, 4.69) is 28.9 Å². The van der Waals surface area contributed by atoms with E-state index in [0.29, 0.717) is 22.8 Å². The first kappa shape index (κ1) is 21.4. The number of thioether (sulfide) groups is 1. The zero-order valence-corrected chi connectivity index (χ0v) is 17.0. The predicted molar refractivity (Wildman–Crippen MR) is 107 cm³/mol. The summed E-state index contributed by atoms with van der Waals surface area (Å²) in [6, 6.07) is 7.49. The van der Waals surface area contributed by atoms with Gasteiger partial charge in [0.1, 0.15) is 5.75 Å².